The number of ether oxygens (including phenoxy) is 2. The summed E-state index contributed by atoms with van der Waals surface area (Å²) < 4.78 is 52.1. The first kappa shape index (κ1) is 20.9. The lowest BCUT2D eigenvalue weighted by Crippen LogP contribution is -2.45. The Bertz CT molecular complexity index is 1060. The van der Waals surface area contributed by atoms with Crippen LogP contribution in [0.3, 0.4) is 0 Å². The van der Waals surface area contributed by atoms with Crippen molar-refractivity contribution in [3.8, 4) is 11.9 Å². The predicted molar refractivity (Wildman–Crippen MR) is 99.5 cm³/mol. The van der Waals surface area contributed by atoms with Gasteiger partial charge in [0, 0.05) is 17.4 Å². The minimum atomic E-state index is -3.13. The van der Waals surface area contributed by atoms with Crippen LogP contribution in [0.5, 0.6) is 5.88 Å². The number of amidine groups is 1. The third kappa shape index (κ3) is 4.11. The number of carbonyl (C=O) groups excluding carboxylic acids is 1. The Balaban J connectivity index is 1.86. The first-order chi connectivity index (χ1) is 14.2. The molecular formula is C18H15F3N6O3. The summed E-state index contributed by atoms with van der Waals surface area (Å²) in [7, 11) is 0. The van der Waals surface area contributed by atoms with Crippen molar-refractivity contribution in [1.29, 1.82) is 5.26 Å². The molecule has 1 aromatic carbocycles. The van der Waals surface area contributed by atoms with Crippen molar-refractivity contribution in [2.75, 3.05) is 24.3 Å². The average Bonchev–Trinajstić information content (AvgIpc) is 2.70. The second-order valence-corrected chi connectivity index (χ2v) is 6.26. The molecule has 1 amide bonds. The number of nitrogens with one attached hydrogen (secondary N) is 1. The van der Waals surface area contributed by atoms with Gasteiger partial charge in [-0.05, 0) is 24.3 Å². The third-order valence-corrected chi connectivity index (χ3v) is 4.15. The first-order valence-electron chi connectivity index (χ1n) is 8.39. The number of aromatic nitrogens is 1. The number of aliphatic imine (C=N–C) groups is 1. The van der Waals surface area contributed by atoms with Crippen LogP contribution < -0.4 is 21.5 Å². The molecule has 12 heteroatoms. The van der Waals surface area contributed by atoms with E-state index in [9.17, 15) is 18.0 Å². The van der Waals surface area contributed by atoms with Gasteiger partial charge in [-0.25, -0.2) is 22.9 Å². The molecule has 0 fully saturated rings. The molecule has 2 aromatic rings. The van der Waals surface area contributed by atoms with Crippen LogP contribution in [0.25, 0.3) is 0 Å². The van der Waals surface area contributed by atoms with E-state index >= 15 is 0 Å². The Hall–Kier alpha value is -3.85. The summed E-state index contributed by atoms with van der Waals surface area (Å²) in [5, 5.41) is 11.1. The molecule has 0 radical (unpaired) electrons. The number of halogens is 3. The molecule has 9 nitrogen and oxygen atoms in total. The standard InChI is InChI=1S/C18H15F3N6O3/c19-12-2-1-10(4-11(12)18(16(20)21)8-29-7-14(24)27-18)26-17(28)30-15-13(23)3-9(5-22)6-25-15/h1-4,6,16H,7-8,23H2,(H2,24,27)(H,26,28)/t18-/m0/s1. The number of nitriles is 1. The maximum absolute atomic E-state index is 14.4. The monoisotopic (exact) mass is 420 g/mol. The fraction of sp³-hybridized carbons (Fsp3) is 0.222. The highest BCUT2D eigenvalue weighted by atomic mass is 19.3. The summed E-state index contributed by atoms with van der Waals surface area (Å²) in [6.07, 6.45) is -3.05. The fourth-order valence-electron chi connectivity index (χ4n) is 2.78. The number of hydrogen-bond donors (Lipinski definition) is 3. The SMILES string of the molecule is N#Cc1cnc(OC(=O)Nc2ccc(F)c([C@]3(C(F)F)COCC(N)=N3)c2)c(N)c1. The van der Waals surface area contributed by atoms with Crippen LogP contribution in [0.15, 0.2) is 35.5 Å². The molecule has 1 aromatic heterocycles. The van der Waals surface area contributed by atoms with Gasteiger partial charge in [0.25, 0.3) is 6.43 Å². The zero-order valence-corrected chi connectivity index (χ0v) is 15.2. The number of benzene rings is 1. The van der Waals surface area contributed by atoms with Gasteiger partial charge in [0.05, 0.1) is 17.9 Å². The maximum atomic E-state index is 14.4. The van der Waals surface area contributed by atoms with Crippen LogP contribution in [0, 0.1) is 17.1 Å². The van der Waals surface area contributed by atoms with E-state index < -0.39 is 36.0 Å². The topological polar surface area (TPSA) is 149 Å². The van der Waals surface area contributed by atoms with Gasteiger partial charge in [-0.1, -0.05) is 0 Å². The molecule has 0 saturated heterocycles. The number of nitrogens with zero attached hydrogens (tertiary/aromatic N) is 3. The quantitative estimate of drug-likeness (QED) is 0.686. The first-order valence-corrected chi connectivity index (χ1v) is 8.39. The molecular weight excluding hydrogens is 405 g/mol. The molecule has 1 aliphatic rings. The summed E-state index contributed by atoms with van der Waals surface area (Å²) in [6, 6.07) is 6.10. The second kappa shape index (κ2) is 8.26. The van der Waals surface area contributed by atoms with Crippen LogP contribution in [-0.4, -0.2) is 36.6 Å². The van der Waals surface area contributed by atoms with Crippen molar-refractivity contribution in [3.05, 3.63) is 47.4 Å². The van der Waals surface area contributed by atoms with Gasteiger partial charge in [0.1, 0.15) is 24.3 Å². The van der Waals surface area contributed by atoms with E-state index in [2.05, 4.69) is 15.3 Å². The highest BCUT2D eigenvalue weighted by molar-refractivity contribution is 5.87. The number of amides is 1. The van der Waals surface area contributed by atoms with Gasteiger partial charge in [-0.3, -0.25) is 10.3 Å². The molecule has 0 unspecified atom stereocenters. The van der Waals surface area contributed by atoms with Crippen LogP contribution in [-0.2, 0) is 10.3 Å². The molecule has 0 saturated carbocycles. The van der Waals surface area contributed by atoms with Gasteiger partial charge in [-0.15, -0.1) is 0 Å². The molecule has 0 bridgehead atoms. The fourth-order valence-corrected chi connectivity index (χ4v) is 2.78. The van der Waals surface area contributed by atoms with Gasteiger partial charge in [0.2, 0.25) is 5.88 Å². The average molecular weight is 420 g/mol. The Morgan fingerprint density at radius 2 is 2.13 bits per heavy atom. The number of nitrogen functional groups attached to an aromatic ring is 1. The van der Waals surface area contributed by atoms with E-state index in [0.717, 1.165) is 24.4 Å². The Labute approximate surface area is 168 Å². The summed E-state index contributed by atoms with van der Waals surface area (Å²) in [6.45, 7) is -0.749. The van der Waals surface area contributed by atoms with Crippen molar-refractivity contribution in [1.82, 2.24) is 4.98 Å². The number of hydrogen-bond acceptors (Lipinski definition) is 8. The van der Waals surface area contributed by atoms with Crippen LogP contribution in [0.2, 0.25) is 0 Å². The summed E-state index contributed by atoms with van der Waals surface area (Å²) in [4.78, 5) is 19.6. The minimum absolute atomic E-state index is 0.0528. The maximum Gasteiger partial charge on any atom is 0.418 e. The summed E-state index contributed by atoms with van der Waals surface area (Å²) >= 11 is 0. The minimum Gasteiger partial charge on any atom is -0.394 e. The molecule has 2 heterocycles. The molecule has 1 atom stereocenters. The molecule has 30 heavy (non-hydrogen) atoms. The zero-order valence-electron chi connectivity index (χ0n) is 15.2. The lowest BCUT2D eigenvalue weighted by atomic mass is 9.90. The molecule has 1 aliphatic heterocycles. The molecule has 0 spiro atoms. The van der Waals surface area contributed by atoms with E-state index in [1.807, 2.05) is 6.07 Å². The van der Waals surface area contributed by atoms with Crippen molar-refractivity contribution in [3.63, 3.8) is 0 Å². The molecule has 156 valence electrons. The van der Waals surface area contributed by atoms with Gasteiger partial charge >= 0.3 is 6.09 Å². The zero-order chi connectivity index (χ0) is 21.9. The Morgan fingerprint density at radius 1 is 1.37 bits per heavy atom. The summed E-state index contributed by atoms with van der Waals surface area (Å²) in [5.74, 6) is -1.45. The third-order valence-electron chi connectivity index (χ3n) is 4.15. The number of pyridine rings is 1. The highest BCUT2D eigenvalue weighted by Crippen LogP contribution is 2.38. The normalized spacial score (nSPS) is 18.4. The van der Waals surface area contributed by atoms with Gasteiger partial charge in [0.15, 0.2) is 5.54 Å². The van der Waals surface area contributed by atoms with E-state index in [-0.39, 0.29) is 35.3 Å². The van der Waals surface area contributed by atoms with Crippen LogP contribution in [0.4, 0.5) is 29.3 Å². The van der Waals surface area contributed by atoms with Crippen LogP contribution in [0.1, 0.15) is 11.1 Å². The lowest BCUT2D eigenvalue weighted by molar-refractivity contribution is -0.0145. The molecule has 3 rings (SSSR count). The van der Waals surface area contributed by atoms with Gasteiger partial charge in [-0.2, -0.15) is 5.26 Å². The Morgan fingerprint density at radius 3 is 2.77 bits per heavy atom. The van der Waals surface area contributed by atoms with Crippen molar-refractivity contribution in [2.45, 2.75) is 12.0 Å². The van der Waals surface area contributed by atoms with E-state index in [1.54, 1.807) is 0 Å². The van der Waals surface area contributed by atoms with Crippen molar-refractivity contribution < 1.29 is 27.4 Å². The predicted octanol–water partition coefficient (Wildman–Crippen LogP) is 2.13. The summed E-state index contributed by atoms with van der Waals surface area (Å²) in [5.41, 5.74) is 8.35. The lowest BCUT2D eigenvalue weighted by Gasteiger charge is -2.33. The highest BCUT2D eigenvalue weighted by Gasteiger charge is 2.46. The van der Waals surface area contributed by atoms with E-state index in [4.69, 9.17) is 26.2 Å². The van der Waals surface area contributed by atoms with Crippen LogP contribution >= 0.6 is 0 Å². The number of carbonyl (C=O) groups is 1. The smallest absolute Gasteiger partial charge is 0.394 e. The number of anilines is 2. The van der Waals surface area contributed by atoms with E-state index in [0.29, 0.717) is 0 Å². The van der Waals surface area contributed by atoms with Crippen molar-refractivity contribution in [2.24, 2.45) is 10.7 Å². The Kier molecular flexibility index (Phi) is 5.74. The van der Waals surface area contributed by atoms with E-state index in [1.165, 1.54) is 6.07 Å². The molecule has 0 aliphatic carbocycles. The second-order valence-electron chi connectivity index (χ2n) is 6.26. The molecule has 5 N–H and O–H groups in total. The van der Waals surface area contributed by atoms with Gasteiger partial charge < -0.3 is 20.9 Å². The number of alkyl halides is 2. The largest absolute Gasteiger partial charge is 0.418 e. The van der Waals surface area contributed by atoms with Crippen molar-refractivity contribution >= 4 is 23.3 Å². The number of nitrogens with two attached hydrogens (primary N) is 2. The number of rotatable bonds is 4.